The molecule has 1 N–H and O–H groups in total. The molecule has 0 atom stereocenters. The standard InChI is InChI=1S/C9H10N4S2/c1-10-8-3-2-7(4-11-8)5-14-9-12-6-13-15-9/h2-4,6H,5H2,1H3,(H,10,11). The Bertz CT molecular complexity index is 399. The first-order valence-electron chi connectivity index (χ1n) is 4.40. The Labute approximate surface area is 96.3 Å². The summed E-state index contributed by atoms with van der Waals surface area (Å²) >= 11 is 3.10. The van der Waals surface area contributed by atoms with Crippen molar-refractivity contribution in [3.63, 3.8) is 0 Å². The van der Waals surface area contributed by atoms with E-state index in [1.54, 1.807) is 18.1 Å². The molecule has 0 aliphatic carbocycles. The number of pyridine rings is 1. The molecule has 0 spiro atoms. The van der Waals surface area contributed by atoms with Gasteiger partial charge in [0.2, 0.25) is 0 Å². The summed E-state index contributed by atoms with van der Waals surface area (Å²) in [4.78, 5) is 8.34. The van der Waals surface area contributed by atoms with E-state index >= 15 is 0 Å². The van der Waals surface area contributed by atoms with Crippen LogP contribution in [0.2, 0.25) is 0 Å². The fourth-order valence-corrected chi connectivity index (χ4v) is 2.41. The van der Waals surface area contributed by atoms with Crippen molar-refractivity contribution >= 4 is 29.1 Å². The van der Waals surface area contributed by atoms with E-state index in [-0.39, 0.29) is 0 Å². The Morgan fingerprint density at radius 3 is 2.93 bits per heavy atom. The minimum atomic E-state index is 0.881. The summed E-state index contributed by atoms with van der Waals surface area (Å²) < 4.78 is 4.94. The predicted octanol–water partition coefficient (Wildman–Crippen LogP) is 2.27. The van der Waals surface area contributed by atoms with Gasteiger partial charge in [0.25, 0.3) is 0 Å². The summed E-state index contributed by atoms with van der Waals surface area (Å²) in [5.41, 5.74) is 1.19. The van der Waals surface area contributed by atoms with Crippen LogP contribution in [0.15, 0.2) is 29.0 Å². The van der Waals surface area contributed by atoms with Gasteiger partial charge in [0.15, 0.2) is 4.34 Å². The van der Waals surface area contributed by atoms with Crippen molar-refractivity contribution in [2.24, 2.45) is 0 Å². The molecule has 2 rings (SSSR count). The molecule has 0 aromatic carbocycles. The Hall–Kier alpha value is -1.14. The van der Waals surface area contributed by atoms with Crippen molar-refractivity contribution in [3.8, 4) is 0 Å². The summed E-state index contributed by atoms with van der Waals surface area (Å²) in [6, 6.07) is 4.03. The number of thioether (sulfide) groups is 1. The molecule has 0 amide bonds. The molecule has 4 nitrogen and oxygen atoms in total. The second-order valence-corrected chi connectivity index (χ2v) is 4.80. The molecule has 6 heteroatoms. The average molecular weight is 238 g/mol. The number of aromatic nitrogens is 3. The van der Waals surface area contributed by atoms with Gasteiger partial charge in [0, 0.05) is 19.0 Å². The minimum Gasteiger partial charge on any atom is -0.373 e. The Morgan fingerprint density at radius 2 is 2.33 bits per heavy atom. The molecule has 0 aliphatic heterocycles. The summed E-state index contributed by atoms with van der Waals surface area (Å²) in [5, 5.41) is 2.99. The zero-order valence-electron chi connectivity index (χ0n) is 8.17. The lowest BCUT2D eigenvalue weighted by molar-refractivity contribution is 1.20. The van der Waals surface area contributed by atoms with Crippen molar-refractivity contribution in [3.05, 3.63) is 30.2 Å². The van der Waals surface area contributed by atoms with E-state index in [0.717, 1.165) is 15.9 Å². The van der Waals surface area contributed by atoms with Crippen LogP contribution in [-0.4, -0.2) is 21.4 Å². The molecular formula is C9H10N4S2. The molecule has 0 saturated heterocycles. The van der Waals surface area contributed by atoms with Gasteiger partial charge >= 0.3 is 0 Å². The summed E-state index contributed by atoms with van der Waals surface area (Å²) in [6.45, 7) is 0. The van der Waals surface area contributed by atoms with E-state index in [0.29, 0.717) is 0 Å². The average Bonchev–Trinajstić information content (AvgIpc) is 2.80. The molecule has 15 heavy (non-hydrogen) atoms. The first-order chi connectivity index (χ1) is 7.38. The quantitative estimate of drug-likeness (QED) is 0.828. The highest BCUT2D eigenvalue weighted by Crippen LogP contribution is 2.22. The lowest BCUT2D eigenvalue weighted by Gasteiger charge is -2.00. The molecule has 2 heterocycles. The third-order valence-electron chi connectivity index (χ3n) is 1.78. The third-order valence-corrected chi connectivity index (χ3v) is 3.65. The number of nitrogens with one attached hydrogen (secondary N) is 1. The van der Waals surface area contributed by atoms with Crippen LogP contribution >= 0.6 is 23.3 Å². The van der Waals surface area contributed by atoms with Crippen LogP contribution in [0.4, 0.5) is 5.82 Å². The van der Waals surface area contributed by atoms with Gasteiger partial charge in [-0.3, -0.25) is 0 Å². The van der Waals surface area contributed by atoms with Crippen molar-refractivity contribution in [1.82, 2.24) is 14.3 Å². The number of anilines is 1. The van der Waals surface area contributed by atoms with Gasteiger partial charge < -0.3 is 5.32 Å². The smallest absolute Gasteiger partial charge is 0.170 e. The van der Waals surface area contributed by atoms with Crippen molar-refractivity contribution in [2.45, 2.75) is 10.1 Å². The first-order valence-corrected chi connectivity index (χ1v) is 6.16. The highest BCUT2D eigenvalue weighted by Gasteiger charge is 1.99. The van der Waals surface area contributed by atoms with Crippen LogP contribution in [0, 0.1) is 0 Å². The van der Waals surface area contributed by atoms with Gasteiger partial charge in [0.1, 0.15) is 12.1 Å². The first kappa shape index (κ1) is 10.4. The zero-order valence-corrected chi connectivity index (χ0v) is 9.81. The number of hydrogen-bond acceptors (Lipinski definition) is 6. The van der Waals surface area contributed by atoms with Gasteiger partial charge in [0.05, 0.1) is 0 Å². The second kappa shape index (κ2) is 5.09. The maximum Gasteiger partial charge on any atom is 0.170 e. The lowest BCUT2D eigenvalue weighted by Crippen LogP contribution is -1.92. The van der Waals surface area contributed by atoms with Crippen LogP contribution in [0.1, 0.15) is 5.56 Å². The molecule has 0 radical (unpaired) electrons. The lowest BCUT2D eigenvalue weighted by atomic mass is 10.3. The van der Waals surface area contributed by atoms with Gasteiger partial charge in [-0.25, -0.2) is 9.97 Å². The molecule has 0 saturated carbocycles. The van der Waals surface area contributed by atoms with Crippen LogP contribution in [0.25, 0.3) is 0 Å². The van der Waals surface area contributed by atoms with E-state index in [9.17, 15) is 0 Å². The monoisotopic (exact) mass is 238 g/mol. The van der Waals surface area contributed by atoms with E-state index in [1.165, 1.54) is 17.1 Å². The Kier molecular flexibility index (Phi) is 3.52. The van der Waals surface area contributed by atoms with Crippen molar-refractivity contribution < 1.29 is 0 Å². The maximum absolute atomic E-state index is 4.24. The molecule has 0 aliphatic rings. The molecule has 2 aromatic heterocycles. The second-order valence-electron chi connectivity index (χ2n) is 2.80. The largest absolute Gasteiger partial charge is 0.373 e. The third kappa shape index (κ3) is 2.90. The number of hydrogen-bond donors (Lipinski definition) is 1. The van der Waals surface area contributed by atoms with Gasteiger partial charge in [-0.05, 0) is 23.2 Å². The minimum absolute atomic E-state index is 0.881. The van der Waals surface area contributed by atoms with Gasteiger partial charge in [-0.15, -0.1) is 0 Å². The van der Waals surface area contributed by atoms with Crippen LogP contribution < -0.4 is 5.32 Å². The molecular weight excluding hydrogens is 228 g/mol. The Morgan fingerprint density at radius 1 is 1.40 bits per heavy atom. The highest BCUT2D eigenvalue weighted by atomic mass is 32.2. The van der Waals surface area contributed by atoms with E-state index in [2.05, 4.69) is 25.7 Å². The molecule has 0 unspecified atom stereocenters. The molecule has 0 fully saturated rings. The van der Waals surface area contributed by atoms with E-state index in [1.807, 2.05) is 19.3 Å². The normalized spacial score (nSPS) is 10.2. The topological polar surface area (TPSA) is 50.7 Å². The fourth-order valence-electron chi connectivity index (χ4n) is 1.03. The number of nitrogens with zero attached hydrogens (tertiary/aromatic N) is 3. The molecule has 2 aromatic rings. The Balaban J connectivity index is 1.93. The van der Waals surface area contributed by atoms with Gasteiger partial charge in [-0.1, -0.05) is 17.8 Å². The number of rotatable bonds is 4. The summed E-state index contributed by atoms with van der Waals surface area (Å²) in [6.07, 6.45) is 3.45. The SMILES string of the molecule is CNc1ccc(CSc2ncns2)cn1. The van der Waals surface area contributed by atoms with Crippen molar-refractivity contribution in [1.29, 1.82) is 0 Å². The van der Waals surface area contributed by atoms with E-state index < -0.39 is 0 Å². The van der Waals surface area contributed by atoms with Gasteiger partial charge in [-0.2, -0.15) is 4.37 Å². The molecule has 0 bridgehead atoms. The summed E-state index contributed by atoms with van der Waals surface area (Å²) in [7, 11) is 1.86. The zero-order chi connectivity index (χ0) is 10.5. The highest BCUT2D eigenvalue weighted by molar-refractivity contribution is 8.00. The van der Waals surface area contributed by atoms with Crippen LogP contribution in [0.5, 0.6) is 0 Å². The van der Waals surface area contributed by atoms with E-state index in [4.69, 9.17) is 0 Å². The fraction of sp³-hybridized carbons (Fsp3) is 0.222. The summed E-state index contributed by atoms with van der Waals surface area (Å²) in [5.74, 6) is 1.77. The molecule has 78 valence electrons. The predicted molar refractivity (Wildman–Crippen MR) is 63.3 cm³/mol. The van der Waals surface area contributed by atoms with Crippen LogP contribution in [0.3, 0.4) is 0 Å². The maximum atomic E-state index is 4.24. The van der Waals surface area contributed by atoms with Crippen LogP contribution in [-0.2, 0) is 5.75 Å². The van der Waals surface area contributed by atoms with Crippen molar-refractivity contribution in [2.75, 3.05) is 12.4 Å².